The zero-order chi connectivity index (χ0) is 18.7. The number of allylic oxidation sites excluding steroid dienone is 4. The van der Waals surface area contributed by atoms with Crippen LogP contribution in [0.25, 0.3) is 0 Å². The van der Waals surface area contributed by atoms with Gasteiger partial charge in [0, 0.05) is 31.8 Å². The van der Waals surface area contributed by atoms with E-state index >= 15 is 0 Å². The molecule has 1 aromatic carbocycles. The van der Waals surface area contributed by atoms with Crippen LogP contribution in [0.1, 0.15) is 37.8 Å². The van der Waals surface area contributed by atoms with Gasteiger partial charge in [0.25, 0.3) is 0 Å². The van der Waals surface area contributed by atoms with Crippen molar-refractivity contribution in [2.24, 2.45) is 11.5 Å². The molecule has 0 fully saturated rings. The van der Waals surface area contributed by atoms with Crippen molar-refractivity contribution in [3.05, 3.63) is 71.1 Å². The number of aryl methyl sites for hydroxylation is 1. The lowest BCUT2D eigenvalue weighted by Gasteiger charge is -2.13. The molecule has 0 heterocycles. The topological polar surface area (TPSA) is 81.1 Å². The van der Waals surface area contributed by atoms with E-state index in [1.807, 2.05) is 19.1 Å². The van der Waals surface area contributed by atoms with E-state index in [0.717, 1.165) is 24.1 Å². The predicted octanol–water partition coefficient (Wildman–Crippen LogP) is 2.99. The molecule has 0 aliphatic carbocycles. The fourth-order valence-electron chi connectivity index (χ4n) is 2.59. The summed E-state index contributed by atoms with van der Waals surface area (Å²) in [4.78, 5) is 12.3. The van der Waals surface area contributed by atoms with Gasteiger partial charge >= 0.3 is 0 Å². The van der Waals surface area contributed by atoms with Crippen LogP contribution in [-0.2, 0) is 17.6 Å². The first-order chi connectivity index (χ1) is 12.0. The Morgan fingerprint density at radius 2 is 1.84 bits per heavy atom. The van der Waals surface area contributed by atoms with Gasteiger partial charge in [-0.15, -0.1) is 0 Å². The Kier molecular flexibility index (Phi) is 9.33. The molecule has 0 amide bonds. The average Bonchev–Trinajstić information content (AvgIpc) is 2.63. The maximum atomic E-state index is 12.3. The lowest BCUT2D eigenvalue weighted by atomic mass is 9.98. The van der Waals surface area contributed by atoms with E-state index in [-0.39, 0.29) is 5.78 Å². The molecule has 0 radical (unpaired) electrons. The average molecular weight is 341 g/mol. The number of hydrogen-bond donors (Lipinski definition) is 3. The van der Waals surface area contributed by atoms with Crippen molar-refractivity contribution in [1.82, 2.24) is 5.32 Å². The molecule has 4 heteroatoms. The molecule has 25 heavy (non-hydrogen) atoms. The first-order valence-corrected chi connectivity index (χ1v) is 8.76. The van der Waals surface area contributed by atoms with Crippen molar-refractivity contribution >= 4 is 5.78 Å². The maximum Gasteiger partial charge on any atom is 0.154 e. The summed E-state index contributed by atoms with van der Waals surface area (Å²) >= 11 is 0. The first kappa shape index (κ1) is 20.7. The van der Waals surface area contributed by atoms with Crippen molar-refractivity contribution in [2.75, 3.05) is 7.05 Å². The highest BCUT2D eigenvalue weighted by molar-refractivity contribution is 5.86. The van der Waals surface area contributed by atoms with Gasteiger partial charge in [-0.25, -0.2) is 0 Å². The van der Waals surface area contributed by atoms with Crippen molar-refractivity contribution in [3.63, 3.8) is 0 Å². The Hall–Kier alpha value is -2.33. The van der Waals surface area contributed by atoms with E-state index in [1.54, 1.807) is 7.05 Å². The molecule has 1 atom stereocenters. The molecule has 0 bridgehead atoms. The molecular formula is C21H31N3O. The van der Waals surface area contributed by atoms with E-state index in [9.17, 15) is 4.79 Å². The molecule has 1 aromatic rings. The van der Waals surface area contributed by atoms with Crippen LogP contribution in [0.4, 0.5) is 0 Å². The number of carbonyl (C=O) groups is 1. The van der Waals surface area contributed by atoms with E-state index in [0.29, 0.717) is 12.8 Å². The SMILES string of the molecule is C/C=C\C(=C/C)CCc1ccc(CC(=O)C(N)C/C(=C/N)NC)cc1. The van der Waals surface area contributed by atoms with Crippen LogP contribution >= 0.6 is 0 Å². The van der Waals surface area contributed by atoms with E-state index in [2.05, 4.69) is 42.6 Å². The molecule has 0 saturated carbocycles. The molecule has 0 aromatic heterocycles. The van der Waals surface area contributed by atoms with Gasteiger partial charge in [0.1, 0.15) is 0 Å². The van der Waals surface area contributed by atoms with Gasteiger partial charge in [-0.1, -0.05) is 48.1 Å². The molecule has 1 rings (SSSR count). The fraction of sp³-hybridized carbons (Fsp3) is 0.381. The highest BCUT2D eigenvalue weighted by Gasteiger charge is 2.15. The van der Waals surface area contributed by atoms with E-state index in [4.69, 9.17) is 11.5 Å². The molecular weight excluding hydrogens is 310 g/mol. The lowest BCUT2D eigenvalue weighted by Crippen LogP contribution is -2.34. The van der Waals surface area contributed by atoms with Gasteiger partial charge in [0.05, 0.1) is 6.04 Å². The number of hydrogen-bond acceptors (Lipinski definition) is 4. The Balaban J connectivity index is 2.57. The third-order valence-corrected chi connectivity index (χ3v) is 4.23. The fourth-order valence-corrected chi connectivity index (χ4v) is 2.59. The lowest BCUT2D eigenvalue weighted by molar-refractivity contribution is -0.119. The van der Waals surface area contributed by atoms with Crippen molar-refractivity contribution < 1.29 is 4.79 Å². The van der Waals surface area contributed by atoms with Crippen LogP contribution < -0.4 is 16.8 Å². The maximum absolute atomic E-state index is 12.3. The van der Waals surface area contributed by atoms with Crippen molar-refractivity contribution in [3.8, 4) is 0 Å². The minimum Gasteiger partial charge on any atom is -0.403 e. The number of nitrogens with two attached hydrogens (primary N) is 2. The standard InChI is InChI=1S/C21H31N3O/c1-4-6-16(5-2)7-8-17-9-11-18(12-10-17)13-21(25)20(23)14-19(15-22)24-3/h4-6,9-12,15,20,24H,7-8,13-14,22-23H2,1-3H3/b6-4-,16-5+,19-15-. The molecule has 4 nitrogen and oxygen atoms in total. The number of rotatable bonds is 10. The quantitative estimate of drug-likeness (QED) is 0.572. The van der Waals surface area contributed by atoms with E-state index in [1.165, 1.54) is 17.3 Å². The highest BCUT2D eigenvalue weighted by Crippen LogP contribution is 2.13. The summed E-state index contributed by atoms with van der Waals surface area (Å²) in [6.45, 7) is 4.09. The molecule has 5 N–H and O–H groups in total. The van der Waals surface area contributed by atoms with Gasteiger partial charge in [-0.05, 0) is 37.8 Å². The van der Waals surface area contributed by atoms with Crippen LogP contribution in [0.3, 0.4) is 0 Å². The summed E-state index contributed by atoms with van der Waals surface area (Å²) in [6, 6.07) is 7.68. The Labute approximate surface area is 151 Å². The molecule has 0 spiro atoms. The molecule has 0 aliphatic rings. The monoisotopic (exact) mass is 341 g/mol. The minimum absolute atomic E-state index is 0.0200. The molecule has 136 valence electrons. The normalized spacial score (nSPS) is 13.9. The third-order valence-electron chi connectivity index (χ3n) is 4.23. The molecule has 0 saturated heterocycles. The first-order valence-electron chi connectivity index (χ1n) is 8.76. The summed E-state index contributed by atoms with van der Waals surface area (Å²) in [5, 5.41) is 2.94. The number of benzene rings is 1. The second-order valence-electron chi connectivity index (χ2n) is 6.08. The Morgan fingerprint density at radius 1 is 1.20 bits per heavy atom. The number of Topliss-reactive ketones (excluding diaryl/α,β-unsaturated/α-hetero) is 1. The van der Waals surface area contributed by atoms with Gasteiger partial charge < -0.3 is 16.8 Å². The summed E-state index contributed by atoms with van der Waals surface area (Å²) in [5.41, 5.74) is 15.8. The van der Waals surface area contributed by atoms with Crippen LogP contribution in [0.15, 0.2) is 60.0 Å². The smallest absolute Gasteiger partial charge is 0.154 e. The second kappa shape index (κ2) is 11.3. The summed E-state index contributed by atoms with van der Waals surface area (Å²) < 4.78 is 0. The zero-order valence-electron chi connectivity index (χ0n) is 15.6. The Morgan fingerprint density at radius 3 is 2.36 bits per heavy atom. The van der Waals surface area contributed by atoms with Gasteiger partial charge in [-0.2, -0.15) is 0 Å². The molecule has 1 unspecified atom stereocenters. The highest BCUT2D eigenvalue weighted by atomic mass is 16.1. The predicted molar refractivity (Wildman–Crippen MR) is 106 cm³/mol. The summed E-state index contributed by atoms with van der Waals surface area (Å²) in [5.74, 6) is 0.0200. The second-order valence-corrected chi connectivity index (χ2v) is 6.08. The van der Waals surface area contributed by atoms with Crippen LogP contribution in [0.5, 0.6) is 0 Å². The summed E-state index contributed by atoms with van der Waals surface area (Å²) in [7, 11) is 1.77. The number of nitrogens with one attached hydrogen (secondary N) is 1. The van der Waals surface area contributed by atoms with Gasteiger partial charge in [0.2, 0.25) is 0 Å². The van der Waals surface area contributed by atoms with Gasteiger partial charge in [0.15, 0.2) is 5.78 Å². The number of carbonyl (C=O) groups excluding carboxylic acids is 1. The van der Waals surface area contributed by atoms with Crippen LogP contribution in [0.2, 0.25) is 0 Å². The van der Waals surface area contributed by atoms with Crippen LogP contribution in [-0.4, -0.2) is 18.9 Å². The largest absolute Gasteiger partial charge is 0.403 e. The number of ketones is 1. The van der Waals surface area contributed by atoms with E-state index < -0.39 is 6.04 Å². The minimum atomic E-state index is -0.542. The van der Waals surface area contributed by atoms with Crippen molar-refractivity contribution in [2.45, 2.75) is 45.6 Å². The van der Waals surface area contributed by atoms with Crippen molar-refractivity contribution in [1.29, 1.82) is 0 Å². The molecule has 0 aliphatic heterocycles. The van der Waals surface area contributed by atoms with Crippen LogP contribution in [0, 0.1) is 0 Å². The Bertz CT molecular complexity index is 627. The van der Waals surface area contributed by atoms with Gasteiger partial charge in [-0.3, -0.25) is 4.79 Å². The summed E-state index contributed by atoms with van der Waals surface area (Å²) in [6.07, 6.45) is 10.6. The zero-order valence-corrected chi connectivity index (χ0v) is 15.6. The third kappa shape index (κ3) is 7.40.